The quantitative estimate of drug-likeness (QED) is 0.253. The largest absolute Gasteiger partial charge is 0.350 e. The molecule has 3 aromatic carbocycles. The summed E-state index contributed by atoms with van der Waals surface area (Å²) in [6.45, 7) is 3.85. The van der Waals surface area contributed by atoms with Gasteiger partial charge in [0.2, 0.25) is 0 Å². The fraction of sp³-hybridized carbons (Fsp3) is 0.0714. The van der Waals surface area contributed by atoms with Gasteiger partial charge in [-0.05, 0) is 73.5 Å². The molecule has 0 atom stereocenters. The van der Waals surface area contributed by atoms with Crippen molar-refractivity contribution in [2.75, 3.05) is 15.5 Å². The van der Waals surface area contributed by atoms with Crippen LogP contribution in [-0.4, -0.2) is 22.7 Å². The first-order valence-electron chi connectivity index (χ1n) is 11.5. The molecule has 1 aliphatic rings. The van der Waals surface area contributed by atoms with Crippen LogP contribution < -0.4 is 15.5 Å². The smallest absolute Gasteiger partial charge is 0.283 e. The van der Waals surface area contributed by atoms with Crippen LogP contribution in [0.15, 0.2) is 82.8 Å². The summed E-state index contributed by atoms with van der Waals surface area (Å²) >= 11 is 13.5. The van der Waals surface area contributed by atoms with Crippen molar-refractivity contribution >= 4 is 68.8 Å². The van der Waals surface area contributed by atoms with E-state index in [0.29, 0.717) is 27.1 Å². The van der Waals surface area contributed by atoms with Gasteiger partial charge in [-0.25, -0.2) is 9.88 Å². The number of halogens is 2. The third kappa shape index (κ3) is 5.06. The topological polar surface area (TPSA) is 91.4 Å². The van der Waals surface area contributed by atoms with Crippen LogP contribution in [0.4, 0.5) is 16.5 Å². The number of anilines is 3. The molecule has 2 N–H and O–H groups in total. The molecular weight excluding hydrogens is 543 g/mol. The lowest BCUT2D eigenvalue weighted by Crippen LogP contribution is -2.32. The fourth-order valence-electron chi connectivity index (χ4n) is 3.81. The monoisotopic (exact) mass is 562 g/mol. The molecule has 1 aliphatic heterocycles. The predicted octanol–water partition coefficient (Wildman–Crippen LogP) is 6.77. The number of hydrogen-bond acceptors (Lipinski definition) is 6. The minimum absolute atomic E-state index is 0.0235. The molecule has 3 amide bonds. The highest BCUT2D eigenvalue weighted by atomic mass is 35.5. The van der Waals surface area contributed by atoms with Crippen molar-refractivity contribution in [1.29, 1.82) is 0 Å². The molecule has 7 nitrogen and oxygen atoms in total. The standard InChI is InChI=1S/C28H20Cl2N4O3S/c1-15-3-12-21(13-16(15)2)34-26(36)23(30)24(27(34)37)31-20-10-6-18(7-11-20)25(35)33-28-32-22(14-38-28)17-4-8-19(29)9-5-17/h3-14,31H,1-2H3,(H,32,33,35). The summed E-state index contributed by atoms with van der Waals surface area (Å²) in [6, 6.07) is 19.1. The minimum atomic E-state index is -0.597. The number of aromatic nitrogens is 1. The minimum Gasteiger partial charge on any atom is -0.350 e. The van der Waals surface area contributed by atoms with Gasteiger partial charge in [-0.2, -0.15) is 0 Å². The van der Waals surface area contributed by atoms with Crippen LogP contribution in [0.2, 0.25) is 5.02 Å². The zero-order valence-corrected chi connectivity index (χ0v) is 22.5. The second-order valence-electron chi connectivity index (χ2n) is 8.60. The van der Waals surface area contributed by atoms with Gasteiger partial charge < -0.3 is 5.32 Å². The van der Waals surface area contributed by atoms with Crippen LogP contribution in [0.25, 0.3) is 11.3 Å². The molecule has 1 aromatic heterocycles. The van der Waals surface area contributed by atoms with Gasteiger partial charge >= 0.3 is 0 Å². The molecule has 38 heavy (non-hydrogen) atoms. The lowest BCUT2D eigenvalue weighted by molar-refractivity contribution is -0.120. The van der Waals surface area contributed by atoms with E-state index in [2.05, 4.69) is 15.6 Å². The average molecular weight is 563 g/mol. The Bertz CT molecular complexity index is 1610. The Morgan fingerprint density at radius 3 is 2.29 bits per heavy atom. The van der Waals surface area contributed by atoms with Crippen molar-refractivity contribution in [1.82, 2.24) is 4.98 Å². The number of thiazole rings is 1. The van der Waals surface area contributed by atoms with Gasteiger partial charge in [0.05, 0.1) is 11.4 Å². The molecule has 2 heterocycles. The van der Waals surface area contributed by atoms with Crippen molar-refractivity contribution in [3.63, 3.8) is 0 Å². The van der Waals surface area contributed by atoms with Gasteiger partial charge in [0, 0.05) is 27.2 Å². The molecule has 5 rings (SSSR count). The van der Waals surface area contributed by atoms with E-state index in [1.807, 2.05) is 37.4 Å². The number of carbonyl (C=O) groups excluding carboxylic acids is 3. The van der Waals surface area contributed by atoms with E-state index < -0.39 is 11.8 Å². The van der Waals surface area contributed by atoms with Crippen molar-refractivity contribution in [3.8, 4) is 11.3 Å². The van der Waals surface area contributed by atoms with Crippen LogP contribution >= 0.6 is 34.5 Å². The number of carbonyl (C=O) groups is 3. The van der Waals surface area contributed by atoms with E-state index in [0.717, 1.165) is 27.3 Å². The van der Waals surface area contributed by atoms with Gasteiger partial charge in [-0.3, -0.25) is 19.7 Å². The van der Waals surface area contributed by atoms with Crippen LogP contribution in [0, 0.1) is 13.8 Å². The molecule has 0 fully saturated rings. The Kier molecular flexibility index (Phi) is 7.03. The summed E-state index contributed by atoms with van der Waals surface area (Å²) in [5, 5.41) is 8.46. The highest BCUT2D eigenvalue weighted by Gasteiger charge is 2.39. The summed E-state index contributed by atoms with van der Waals surface area (Å²) in [7, 11) is 0. The Hall–Kier alpha value is -3.98. The molecule has 10 heteroatoms. The predicted molar refractivity (Wildman–Crippen MR) is 152 cm³/mol. The Labute approximate surface area is 232 Å². The van der Waals surface area contributed by atoms with Gasteiger partial charge in [0.25, 0.3) is 17.7 Å². The van der Waals surface area contributed by atoms with Crippen LogP contribution in [0.1, 0.15) is 21.5 Å². The molecule has 0 bridgehead atoms. The maximum Gasteiger partial charge on any atom is 0.283 e. The first kappa shape index (κ1) is 25.7. The maximum atomic E-state index is 13.1. The first-order chi connectivity index (χ1) is 18.2. The fourth-order valence-corrected chi connectivity index (χ4v) is 4.87. The summed E-state index contributed by atoms with van der Waals surface area (Å²) < 4.78 is 0. The summed E-state index contributed by atoms with van der Waals surface area (Å²) in [5.41, 5.74) is 4.94. The van der Waals surface area contributed by atoms with E-state index in [4.69, 9.17) is 23.2 Å². The Morgan fingerprint density at radius 1 is 0.895 bits per heavy atom. The molecule has 4 aromatic rings. The Balaban J connectivity index is 1.26. The van der Waals surface area contributed by atoms with Crippen LogP contribution in [-0.2, 0) is 9.59 Å². The summed E-state index contributed by atoms with van der Waals surface area (Å²) in [6.07, 6.45) is 0. The molecule has 0 spiro atoms. The summed E-state index contributed by atoms with van der Waals surface area (Å²) in [5.74, 6) is -1.48. The molecule has 0 aliphatic carbocycles. The zero-order chi connectivity index (χ0) is 27.0. The van der Waals surface area contributed by atoms with Crippen molar-refractivity contribution in [2.45, 2.75) is 13.8 Å². The zero-order valence-electron chi connectivity index (χ0n) is 20.2. The maximum absolute atomic E-state index is 13.1. The number of imide groups is 1. The first-order valence-corrected chi connectivity index (χ1v) is 13.1. The number of nitrogens with zero attached hydrogens (tertiary/aromatic N) is 2. The molecule has 0 unspecified atom stereocenters. The SMILES string of the molecule is Cc1ccc(N2C(=O)C(Cl)=C(Nc3ccc(C(=O)Nc4nc(-c5ccc(Cl)cc5)cs4)cc3)C2=O)cc1C. The van der Waals surface area contributed by atoms with Crippen molar-refractivity contribution < 1.29 is 14.4 Å². The third-order valence-corrected chi connectivity index (χ3v) is 7.42. The van der Waals surface area contributed by atoms with Gasteiger partial charge in [-0.1, -0.05) is 41.4 Å². The lowest BCUT2D eigenvalue weighted by atomic mass is 10.1. The van der Waals surface area contributed by atoms with E-state index in [9.17, 15) is 14.4 Å². The molecule has 190 valence electrons. The second-order valence-corrected chi connectivity index (χ2v) is 10.3. The van der Waals surface area contributed by atoms with Crippen molar-refractivity contribution in [2.24, 2.45) is 0 Å². The summed E-state index contributed by atoms with van der Waals surface area (Å²) in [4.78, 5) is 44.1. The number of rotatable bonds is 6. The van der Waals surface area contributed by atoms with Crippen LogP contribution in [0.3, 0.4) is 0 Å². The lowest BCUT2D eigenvalue weighted by Gasteiger charge is -2.16. The second kappa shape index (κ2) is 10.4. The highest BCUT2D eigenvalue weighted by Crippen LogP contribution is 2.31. The average Bonchev–Trinajstić information content (AvgIpc) is 3.45. The van der Waals surface area contributed by atoms with E-state index in [-0.39, 0.29) is 16.6 Å². The van der Waals surface area contributed by atoms with E-state index in [1.165, 1.54) is 11.3 Å². The number of hydrogen-bond donors (Lipinski definition) is 2. The molecule has 0 saturated carbocycles. The van der Waals surface area contributed by atoms with E-state index in [1.54, 1.807) is 48.5 Å². The number of benzene rings is 3. The van der Waals surface area contributed by atoms with Gasteiger partial charge in [0.15, 0.2) is 5.13 Å². The molecule has 0 radical (unpaired) electrons. The number of nitrogens with one attached hydrogen (secondary N) is 2. The van der Waals surface area contributed by atoms with E-state index >= 15 is 0 Å². The third-order valence-electron chi connectivity index (χ3n) is 6.06. The van der Waals surface area contributed by atoms with Crippen molar-refractivity contribution in [3.05, 3.63) is 105 Å². The highest BCUT2D eigenvalue weighted by molar-refractivity contribution is 7.14. The van der Waals surface area contributed by atoms with Gasteiger partial charge in [0.1, 0.15) is 10.7 Å². The number of aryl methyl sites for hydroxylation is 2. The van der Waals surface area contributed by atoms with Gasteiger partial charge in [-0.15, -0.1) is 11.3 Å². The molecular formula is C28H20Cl2N4O3S. The van der Waals surface area contributed by atoms with Crippen LogP contribution in [0.5, 0.6) is 0 Å². The Morgan fingerprint density at radius 2 is 1.61 bits per heavy atom. The normalized spacial score (nSPS) is 13.3. The molecule has 0 saturated heterocycles. The number of amides is 3.